The van der Waals surface area contributed by atoms with Gasteiger partial charge in [0.25, 0.3) is 5.69 Å². The average molecular weight is 366 g/mol. The molecule has 0 amide bonds. The first-order valence-corrected chi connectivity index (χ1v) is 8.28. The number of aryl methyl sites for hydroxylation is 1. The second-order valence-electron chi connectivity index (χ2n) is 6.27. The van der Waals surface area contributed by atoms with Crippen LogP contribution in [0.15, 0.2) is 17.0 Å². The number of hydrogen-bond acceptors (Lipinski definition) is 5. The van der Waals surface area contributed by atoms with E-state index in [1.807, 2.05) is 13.8 Å². The molecule has 1 aromatic carbocycles. The molecule has 0 fully saturated rings. The number of non-ortho nitro benzene ring substituents is 1. The first-order chi connectivity index (χ1) is 9.92. The number of nitrogens with two attached hydrogens (primary N) is 1. The number of sulfonamides is 1. The van der Waals surface area contributed by atoms with Crippen molar-refractivity contribution in [3.8, 4) is 0 Å². The monoisotopic (exact) mass is 365 g/mol. The molecule has 0 bridgehead atoms. The van der Waals surface area contributed by atoms with Crippen LogP contribution in [0, 0.1) is 29.4 Å². The summed E-state index contributed by atoms with van der Waals surface area (Å²) in [5.41, 5.74) is 6.12. The summed E-state index contributed by atoms with van der Waals surface area (Å²) in [5, 5.41) is 11.0. The van der Waals surface area contributed by atoms with E-state index < -0.39 is 14.9 Å². The molecule has 0 unspecified atom stereocenters. The van der Waals surface area contributed by atoms with E-state index in [1.54, 1.807) is 13.8 Å². The zero-order valence-electron chi connectivity index (χ0n) is 14.0. The molecule has 9 heteroatoms. The lowest BCUT2D eigenvalue weighted by atomic mass is 9.94. The van der Waals surface area contributed by atoms with Gasteiger partial charge in [0, 0.05) is 25.7 Å². The lowest BCUT2D eigenvalue weighted by Gasteiger charge is -2.29. The number of nitrogens with zero attached hydrogens (tertiary/aromatic N) is 2. The quantitative estimate of drug-likeness (QED) is 0.614. The van der Waals surface area contributed by atoms with Crippen LogP contribution in [0.4, 0.5) is 5.69 Å². The Morgan fingerprint density at radius 1 is 1.30 bits per heavy atom. The fourth-order valence-electron chi connectivity index (χ4n) is 2.10. The smallest absolute Gasteiger partial charge is 0.271 e. The molecule has 2 N–H and O–H groups in total. The van der Waals surface area contributed by atoms with E-state index in [2.05, 4.69) is 0 Å². The second kappa shape index (κ2) is 7.57. The summed E-state index contributed by atoms with van der Waals surface area (Å²) in [5.74, 6) is 0. The molecule has 0 aromatic heterocycles. The summed E-state index contributed by atoms with van der Waals surface area (Å²) in [7, 11) is -2.36. The summed E-state index contributed by atoms with van der Waals surface area (Å²) >= 11 is 0. The number of nitro groups is 1. The van der Waals surface area contributed by atoms with Gasteiger partial charge in [0.1, 0.15) is 0 Å². The van der Waals surface area contributed by atoms with Crippen LogP contribution < -0.4 is 5.73 Å². The first kappa shape index (κ1) is 21.8. The van der Waals surface area contributed by atoms with Crippen molar-refractivity contribution in [3.05, 3.63) is 33.4 Å². The molecule has 0 spiro atoms. The fraction of sp³-hybridized carbons (Fsp3) is 0.571. The first-order valence-electron chi connectivity index (χ1n) is 6.84. The molecule has 23 heavy (non-hydrogen) atoms. The molecule has 0 aliphatic carbocycles. The maximum atomic E-state index is 12.7. The third kappa shape index (κ3) is 4.87. The van der Waals surface area contributed by atoms with E-state index in [1.165, 1.54) is 17.4 Å². The van der Waals surface area contributed by atoms with Gasteiger partial charge in [-0.15, -0.1) is 12.4 Å². The Labute approximate surface area is 143 Å². The van der Waals surface area contributed by atoms with Crippen molar-refractivity contribution >= 4 is 28.1 Å². The Morgan fingerprint density at radius 3 is 2.26 bits per heavy atom. The molecule has 1 aromatic rings. The molecule has 0 radical (unpaired) electrons. The highest BCUT2D eigenvalue weighted by Crippen LogP contribution is 2.28. The van der Waals surface area contributed by atoms with Crippen LogP contribution in [0.2, 0.25) is 0 Å². The van der Waals surface area contributed by atoms with Crippen LogP contribution in [-0.2, 0) is 10.0 Å². The van der Waals surface area contributed by atoms with Gasteiger partial charge in [-0.05, 0) is 36.9 Å². The maximum Gasteiger partial charge on any atom is 0.271 e. The van der Waals surface area contributed by atoms with Gasteiger partial charge in [-0.25, -0.2) is 12.7 Å². The molecule has 0 aliphatic rings. The molecule has 0 heterocycles. The maximum absolute atomic E-state index is 12.7. The minimum Gasteiger partial charge on any atom is -0.330 e. The lowest BCUT2D eigenvalue weighted by Crippen LogP contribution is -2.40. The van der Waals surface area contributed by atoms with Gasteiger partial charge in [-0.2, -0.15) is 0 Å². The van der Waals surface area contributed by atoms with Gasteiger partial charge >= 0.3 is 0 Å². The molecular weight excluding hydrogens is 342 g/mol. The van der Waals surface area contributed by atoms with Gasteiger partial charge in [0.15, 0.2) is 0 Å². The van der Waals surface area contributed by atoms with Crippen LogP contribution in [-0.4, -0.2) is 37.8 Å². The molecule has 7 nitrogen and oxygen atoms in total. The number of rotatable bonds is 6. The third-order valence-electron chi connectivity index (χ3n) is 3.71. The van der Waals surface area contributed by atoms with Crippen molar-refractivity contribution in [2.24, 2.45) is 11.1 Å². The van der Waals surface area contributed by atoms with Crippen LogP contribution in [0.5, 0.6) is 0 Å². The van der Waals surface area contributed by atoms with Crippen molar-refractivity contribution in [1.29, 1.82) is 0 Å². The topological polar surface area (TPSA) is 107 Å². The molecule has 0 atom stereocenters. The van der Waals surface area contributed by atoms with Gasteiger partial charge in [0.2, 0.25) is 10.0 Å². The highest BCUT2D eigenvalue weighted by molar-refractivity contribution is 7.89. The van der Waals surface area contributed by atoms with Gasteiger partial charge in [0.05, 0.1) is 9.82 Å². The van der Waals surface area contributed by atoms with Crippen LogP contribution >= 0.6 is 12.4 Å². The normalized spacial score (nSPS) is 12.1. The zero-order valence-corrected chi connectivity index (χ0v) is 15.6. The summed E-state index contributed by atoms with van der Waals surface area (Å²) in [6, 6.07) is 2.49. The SMILES string of the molecule is Cc1cc([N+](=O)[O-])cc(S(=O)(=O)N(C)CC(C)(C)CN)c1C.Cl. The molecule has 0 saturated carbocycles. The molecular formula is C14H24ClN3O4S. The van der Waals surface area contributed by atoms with E-state index in [4.69, 9.17) is 5.73 Å². The van der Waals surface area contributed by atoms with E-state index in [9.17, 15) is 18.5 Å². The predicted octanol–water partition coefficient (Wildman–Crippen LogP) is 2.24. The summed E-state index contributed by atoms with van der Waals surface area (Å²) < 4.78 is 26.7. The molecule has 132 valence electrons. The largest absolute Gasteiger partial charge is 0.330 e. The number of halogens is 1. The molecule has 0 saturated heterocycles. The summed E-state index contributed by atoms with van der Waals surface area (Å²) in [4.78, 5) is 10.3. The van der Waals surface area contributed by atoms with E-state index in [0.717, 1.165) is 6.07 Å². The Hall–Kier alpha value is -1.22. The van der Waals surface area contributed by atoms with Crippen molar-refractivity contribution in [2.75, 3.05) is 20.1 Å². The standard InChI is InChI=1S/C14H23N3O4S.ClH/c1-10-6-12(17(18)19)7-13(11(10)2)22(20,21)16(5)9-14(3,4)8-15;/h6-7H,8-9,15H2,1-5H3;1H. The average Bonchev–Trinajstić information content (AvgIpc) is 2.40. The minimum absolute atomic E-state index is 0. The number of hydrogen-bond donors (Lipinski definition) is 1. The molecule has 0 aliphatic heterocycles. The summed E-state index contributed by atoms with van der Waals surface area (Å²) in [6.45, 7) is 7.60. The van der Waals surface area contributed by atoms with Crippen LogP contribution in [0.1, 0.15) is 25.0 Å². The fourth-order valence-corrected chi connectivity index (χ4v) is 3.77. The van der Waals surface area contributed by atoms with E-state index in [0.29, 0.717) is 17.7 Å². The third-order valence-corrected chi connectivity index (χ3v) is 5.64. The van der Waals surface area contributed by atoms with Crippen molar-refractivity contribution < 1.29 is 13.3 Å². The van der Waals surface area contributed by atoms with Crippen molar-refractivity contribution in [1.82, 2.24) is 4.31 Å². The van der Waals surface area contributed by atoms with Crippen LogP contribution in [0.25, 0.3) is 0 Å². The Balaban J connectivity index is 0.00000484. The van der Waals surface area contributed by atoms with E-state index in [-0.39, 0.29) is 34.9 Å². The van der Waals surface area contributed by atoms with Gasteiger partial charge in [-0.1, -0.05) is 13.8 Å². The Bertz CT molecular complexity index is 690. The zero-order chi connectivity index (χ0) is 17.3. The number of benzene rings is 1. The highest BCUT2D eigenvalue weighted by Gasteiger charge is 2.30. The van der Waals surface area contributed by atoms with E-state index >= 15 is 0 Å². The second-order valence-corrected chi connectivity index (χ2v) is 8.29. The molecule has 1 rings (SSSR count). The predicted molar refractivity (Wildman–Crippen MR) is 92.5 cm³/mol. The summed E-state index contributed by atoms with van der Waals surface area (Å²) in [6.07, 6.45) is 0. The van der Waals surface area contributed by atoms with Gasteiger partial charge < -0.3 is 5.73 Å². The van der Waals surface area contributed by atoms with Gasteiger partial charge in [-0.3, -0.25) is 10.1 Å². The van der Waals surface area contributed by atoms with Crippen molar-refractivity contribution in [3.63, 3.8) is 0 Å². The van der Waals surface area contributed by atoms with Crippen LogP contribution in [0.3, 0.4) is 0 Å². The Kier molecular flexibility index (Phi) is 7.16. The number of nitro benzene ring substituents is 1. The lowest BCUT2D eigenvalue weighted by molar-refractivity contribution is -0.385. The Morgan fingerprint density at radius 2 is 1.83 bits per heavy atom. The minimum atomic E-state index is -3.82. The van der Waals surface area contributed by atoms with Crippen molar-refractivity contribution in [2.45, 2.75) is 32.6 Å². The highest BCUT2D eigenvalue weighted by atomic mass is 35.5.